The van der Waals surface area contributed by atoms with Crippen molar-refractivity contribution in [3.63, 3.8) is 0 Å². The summed E-state index contributed by atoms with van der Waals surface area (Å²) in [6, 6.07) is 21.3. The second-order valence-electron chi connectivity index (χ2n) is 7.92. The predicted molar refractivity (Wildman–Crippen MR) is 124 cm³/mol. The van der Waals surface area contributed by atoms with Crippen molar-refractivity contribution in [2.75, 3.05) is 11.4 Å². The van der Waals surface area contributed by atoms with E-state index in [2.05, 4.69) is 0 Å². The largest absolute Gasteiger partial charge is 0.362 e. The third-order valence-electron chi connectivity index (χ3n) is 5.86. The van der Waals surface area contributed by atoms with E-state index < -0.39 is 17.6 Å². The van der Waals surface area contributed by atoms with E-state index in [9.17, 15) is 14.0 Å². The summed E-state index contributed by atoms with van der Waals surface area (Å²) in [7, 11) is 0. The van der Waals surface area contributed by atoms with Crippen LogP contribution >= 0.6 is 0 Å². The first-order chi connectivity index (χ1) is 15.4. The minimum Gasteiger partial charge on any atom is -0.362 e. The second-order valence-corrected chi connectivity index (χ2v) is 7.92. The number of amides is 2. The highest BCUT2D eigenvalue weighted by Crippen LogP contribution is 2.36. The first-order valence-corrected chi connectivity index (χ1v) is 10.7. The standard InChI is InChI=1S/C27H25FN2O2/c1-4-29(17-20-10-6-5-7-11-20)25-24(21-15-14-18(2)19(3)16-21)26(31)30(27(25)32)23-13-9-8-12-22(23)28/h5-16H,4,17H2,1-3H3. The molecule has 0 bridgehead atoms. The van der Waals surface area contributed by atoms with Gasteiger partial charge in [0.15, 0.2) is 0 Å². The maximum absolute atomic E-state index is 14.6. The monoisotopic (exact) mass is 428 g/mol. The molecule has 0 aliphatic carbocycles. The molecule has 2 amide bonds. The number of benzene rings is 3. The Morgan fingerprint density at radius 3 is 2.19 bits per heavy atom. The van der Waals surface area contributed by atoms with E-state index in [0.717, 1.165) is 21.6 Å². The van der Waals surface area contributed by atoms with Crippen molar-refractivity contribution in [2.24, 2.45) is 0 Å². The fourth-order valence-corrected chi connectivity index (χ4v) is 3.97. The number of hydrogen-bond acceptors (Lipinski definition) is 3. The van der Waals surface area contributed by atoms with Gasteiger partial charge in [-0.1, -0.05) is 60.7 Å². The molecular weight excluding hydrogens is 403 g/mol. The fourth-order valence-electron chi connectivity index (χ4n) is 3.97. The van der Waals surface area contributed by atoms with E-state index in [4.69, 9.17) is 0 Å². The maximum atomic E-state index is 14.6. The number of anilines is 1. The molecule has 162 valence electrons. The van der Waals surface area contributed by atoms with Crippen molar-refractivity contribution < 1.29 is 14.0 Å². The van der Waals surface area contributed by atoms with Gasteiger partial charge in [0.1, 0.15) is 11.5 Å². The third-order valence-corrected chi connectivity index (χ3v) is 5.86. The van der Waals surface area contributed by atoms with Crippen LogP contribution in [0.1, 0.15) is 29.2 Å². The maximum Gasteiger partial charge on any atom is 0.282 e. The Morgan fingerprint density at radius 2 is 1.53 bits per heavy atom. The summed E-state index contributed by atoms with van der Waals surface area (Å²) in [6.45, 7) is 6.89. The molecule has 3 aromatic rings. The summed E-state index contributed by atoms with van der Waals surface area (Å²) >= 11 is 0. The van der Waals surface area contributed by atoms with Crippen LogP contribution in [0.2, 0.25) is 0 Å². The average molecular weight is 429 g/mol. The van der Waals surface area contributed by atoms with E-state index in [0.29, 0.717) is 29.9 Å². The number of rotatable bonds is 6. The number of likely N-dealkylation sites (N-methyl/N-ethyl adjacent to an activating group) is 1. The molecule has 0 atom stereocenters. The van der Waals surface area contributed by atoms with Crippen molar-refractivity contribution in [2.45, 2.75) is 27.3 Å². The number of aryl methyl sites for hydroxylation is 2. The number of carbonyl (C=O) groups excluding carboxylic acids is 2. The Kier molecular flexibility index (Phi) is 5.91. The van der Waals surface area contributed by atoms with Gasteiger partial charge in [0.2, 0.25) is 0 Å². The molecule has 3 aromatic carbocycles. The molecule has 1 aliphatic rings. The van der Waals surface area contributed by atoms with E-state index in [1.807, 2.05) is 74.2 Å². The Labute approximate surface area is 187 Å². The summed E-state index contributed by atoms with van der Waals surface area (Å²) in [5, 5.41) is 0. The third kappa shape index (κ3) is 3.82. The summed E-state index contributed by atoms with van der Waals surface area (Å²) in [6.07, 6.45) is 0. The minimum absolute atomic E-state index is 0.0328. The van der Waals surface area contributed by atoms with Gasteiger partial charge >= 0.3 is 0 Å². The van der Waals surface area contributed by atoms with Crippen molar-refractivity contribution in [3.8, 4) is 0 Å². The van der Waals surface area contributed by atoms with Crippen LogP contribution in [0, 0.1) is 19.7 Å². The number of hydrogen-bond donors (Lipinski definition) is 0. The lowest BCUT2D eigenvalue weighted by atomic mass is 9.99. The second kappa shape index (κ2) is 8.79. The number of nitrogens with zero attached hydrogens (tertiary/aromatic N) is 2. The Bertz CT molecular complexity index is 1220. The molecule has 5 heteroatoms. The fraction of sp³-hybridized carbons (Fsp3) is 0.185. The number of carbonyl (C=O) groups is 2. The van der Waals surface area contributed by atoms with Crippen LogP contribution in [0.5, 0.6) is 0 Å². The van der Waals surface area contributed by atoms with Gasteiger partial charge in [-0.2, -0.15) is 0 Å². The van der Waals surface area contributed by atoms with Gasteiger partial charge in [0.05, 0.1) is 11.3 Å². The lowest BCUT2D eigenvalue weighted by molar-refractivity contribution is -0.120. The lowest BCUT2D eigenvalue weighted by Crippen LogP contribution is -2.35. The first-order valence-electron chi connectivity index (χ1n) is 10.7. The van der Waals surface area contributed by atoms with Crippen LogP contribution in [0.3, 0.4) is 0 Å². The molecule has 0 unspecified atom stereocenters. The van der Waals surface area contributed by atoms with Gasteiger partial charge in [-0.25, -0.2) is 9.29 Å². The topological polar surface area (TPSA) is 40.6 Å². The van der Waals surface area contributed by atoms with Crippen molar-refractivity contribution in [3.05, 3.63) is 107 Å². The van der Waals surface area contributed by atoms with E-state index in [1.165, 1.54) is 18.2 Å². The van der Waals surface area contributed by atoms with Crippen molar-refractivity contribution >= 4 is 23.1 Å². The van der Waals surface area contributed by atoms with Crippen molar-refractivity contribution in [1.82, 2.24) is 4.90 Å². The van der Waals surface area contributed by atoms with Crippen LogP contribution in [0.4, 0.5) is 10.1 Å². The van der Waals surface area contributed by atoms with Crippen LogP contribution < -0.4 is 4.90 Å². The molecule has 4 nitrogen and oxygen atoms in total. The zero-order valence-electron chi connectivity index (χ0n) is 18.4. The summed E-state index contributed by atoms with van der Waals surface area (Å²) in [4.78, 5) is 30.1. The molecule has 0 saturated carbocycles. The van der Waals surface area contributed by atoms with Gasteiger partial charge in [0.25, 0.3) is 11.8 Å². The summed E-state index contributed by atoms with van der Waals surface area (Å²) in [5.74, 6) is -1.63. The SMILES string of the molecule is CCN(Cc1ccccc1)C1=C(c2ccc(C)c(C)c2)C(=O)N(c2ccccc2F)C1=O. The van der Waals surface area contributed by atoms with Gasteiger partial charge in [-0.3, -0.25) is 9.59 Å². The smallest absolute Gasteiger partial charge is 0.282 e. The van der Waals surface area contributed by atoms with Gasteiger partial charge in [-0.05, 0) is 55.2 Å². The highest BCUT2D eigenvalue weighted by molar-refractivity contribution is 6.45. The van der Waals surface area contributed by atoms with E-state index >= 15 is 0 Å². The van der Waals surface area contributed by atoms with E-state index in [1.54, 1.807) is 6.07 Å². The van der Waals surface area contributed by atoms with Crippen LogP contribution in [0.25, 0.3) is 5.57 Å². The van der Waals surface area contributed by atoms with Gasteiger partial charge in [0, 0.05) is 13.1 Å². The summed E-state index contributed by atoms with van der Waals surface area (Å²) in [5.41, 5.74) is 4.36. The van der Waals surface area contributed by atoms with Crippen LogP contribution in [0.15, 0.2) is 78.5 Å². The van der Waals surface area contributed by atoms with Crippen molar-refractivity contribution in [1.29, 1.82) is 0 Å². The molecular formula is C27H25FN2O2. The molecule has 0 radical (unpaired) electrons. The molecule has 1 aliphatic heterocycles. The number of para-hydroxylation sites is 1. The molecule has 32 heavy (non-hydrogen) atoms. The Balaban J connectivity index is 1.87. The zero-order valence-corrected chi connectivity index (χ0v) is 18.4. The molecule has 4 rings (SSSR count). The normalized spacial score (nSPS) is 13.8. The Morgan fingerprint density at radius 1 is 0.844 bits per heavy atom. The number of imide groups is 1. The first kappa shape index (κ1) is 21.5. The minimum atomic E-state index is -0.610. The molecule has 0 aromatic heterocycles. The van der Waals surface area contributed by atoms with Crippen LogP contribution in [-0.2, 0) is 16.1 Å². The molecule has 0 saturated heterocycles. The summed E-state index contributed by atoms with van der Waals surface area (Å²) < 4.78 is 14.6. The average Bonchev–Trinajstić information content (AvgIpc) is 3.05. The highest BCUT2D eigenvalue weighted by Gasteiger charge is 2.43. The molecule has 0 N–H and O–H groups in total. The predicted octanol–water partition coefficient (Wildman–Crippen LogP) is 5.25. The number of halogens is 1. The van der Waals surface area contributed by atoms with Crippen LogP contribution in [-0.4, -0.2) is 23.3 Å². The lowest BCUT2D eigenvalue weighted by Gasteiger charge is -2.25. The van der Waals surface area contributed by atoms with E-state index in [-0.39, 0.29) is 5.69 Å². The molecule has 0 fully saturated rings. The van der Waals surface area contributed by atoms with Gasteiger partial charge in [-0.15, -0.1) is 0 Å². The Hall–Kier alpha value is -3.73. The van der Waals surface area contributed by atoms with Gasteiger partial charge < -0.3 is 4.90 Å². The highest BCUT2D eigenvalue weighted by atomic mass is 19.1. The molecule has 1 heterocycles. The quantitative estimate of drug-likeness (QED) is 0.504. The molecule has 0 spiro atoms. The zero-order chi connectivity index (χ0) is 22.8.